The summed E-state index contributed by atoms with van der Waals surface area (Å²) in [7, 11) is 0. The van der Waals surface area contributed by atoms with Gasteiger partial charge in [0.15, 0.2) is 0 Å². The molecular weight excluding hydrogens is 312 g/mol. The van der Waals surface area contributed by atoms with E-state index >= 15 is 0 Å². The molecule has 1 atom stereocenters. The van der Waals surface area contributed by atoms with Gasteiger partial charge >= 0.3 is 5.97 Å². The van der Waals surface area contributed by atoms with Gasteiger partial charge in [0.25, 0.3) is 6.47 Å². The van der Waals surface area contributed by atoms with Crippen LogP contribution >= 0.6 is 0 Å². The lowest BCUT2D eigenvalue weighted by Gasteiger charge is -2.01. The summed E-state index contributed by atoms with van der Waals surface area (Å²) >= 11 is 0. The van der Waals surface area contributed by atoms with Gasteiger partial charge in [0.2, 0.25) is 0 Å². The number of hydrogen-bond acceptors (Lipinski definition) is 5. The summed E-state index contributed by atoms with van der Waals surface area (Å²) < 4.78 is 0. The number of aromatic amines is 1. The fraction of sp³-hybridized carbons (Fsp3) is 0.125. The zero-order chi connectivity index (χ0) is 17.8. The van der Waals surface area contributed by atoms with Gasteiger partial charge < -0.3 is 20.9 Å². The Labute approximate surface area is 138 Å². The van der Waals surface area contributed by atoms with Crippen molar-refractivity contribution in [3.63, 3.8) is 0 Å². The van der Waals surface area contributed by atoms with Crippen LogP contribution in [0.2, 0.25) is 0 Å². The fourth-order valence-electron chi connectivity index (χ4n) is 1.74. The Morgan fingerprint density at radius 3 is 2.50 bits per heavy atom. The maximum atomic E-state index is 10.3. The molecule has 0 bridgehead atoms. The average molecular weight is 330 g/mol. The number of carbonyl (C=O) groups is 2. The zero-order valence-corrected chi connectivity index (χ0v) is 12.7. The molecule has 0 radical (unpaired) electrons. The molecule has 1 unspecified atom stereocenters. The largest absolute Gasteiger partial charge is 0.483 e. The molecule has 0 fully saturated rings. The number of aromatic nitrogens is 3. The number of imidazole rings is 1. The molecule has 0 aliphatic heterocycles. The molecule has 0 amide bonds. The Morgan fingerprint density at radius 2 is 1.96 bits per heavy atom. The molecule has 2 aromatic heterocycles. The molecule has 8 heteroatoms. The van der Waals surface area contributed by atoms with E-state index in [1.165, 1.54) is 17.1 Å². The molecule has 3 rings (SSSR count). The number of nitrogens with zero attached hydrogens (tertiary/aromatic N) is 2. The number of benzene rings is 1. The minimum Gasteiger partial charge on any atom is -0.483 e. The minimum absolute atomic E-state index is 0.250. The second-order valence-electron chi connectivity index (χ2n) is 4.54. The topological polar surface area (TPSA) is 142 Å². The van der Waals surface area contributed by atoms with E-state index in [4.69, 9.17) is 20.7 Å². The van der Waals surface area contributed by atoms with Crippen molar-refractivity contribution >= 4 is 23.2 Å². The van der Waals surface area contributed by atoms with Gasteiger partial charge in [0.05, 0.1) is 12.0 Å². The fourth-order valence-corrected chi connectivity index (χ4v) is 1.74. The van der Waals surface area contributed by atoms with E-state index in [1.807, 2.05) is 30.6 Å². The van der Waals surface area contributed by atoms with Crippen molar-refractivity contribution in [1.82, 2.24) is 15.0 Å². The van der Waals surface area contributed by atoms with E-state index in [0.29, 0.717) is 5.69 Å². The van der Waals surface area contributed by atoms with Gasteiger partial charge in [-0.25, -0.2) is 4.98 Å². The molecule has 126 valence electrons. The first kappa shape index (κ1) is 18.8. The van der Waals surface area contributed by atoms with E-state index in [9.17, 15) is 4.79 Å². The van der Waals surface area contributed by atoms with E-state index in [2.05, 4.69) is 27.1 Å². The third kappa shape index (κ3) is 6.67. The maximum absolute atomic E-state index is 10.3. The van der Waals surface area contributed by atoms with Gasteiger partial charge in [-0.05, 0) is 16.8 Å². The summed E-state index contributed by atoms with van der Waals surface area (Å²) in [4.78, 5) is 29.2. The standard InChI is InChI=1S/C9H7N.C6H9N3O2.CH2O2/c1-2-4-9-7-10-6-5-8(9)3-1;7-5(6(10)11)1-4-2-8-3-9-4;2-1-3/h1-7H;2-3,5H,1,7H2,(H,8,9)(H,10,11);1H,(H,2,3). The zero-order valence-electron chi connectivity index (χ0n) is 12.7. The Kier molecular flexibility index (Phi) is 8.19. The summed E-state index contributed by atoms with van der Waals surface area (Å²) in [5.41, 5.74) is 5.92. The summed E-state index contributed by atoms with van der Waals surface area (Å²) in [6, 6.07) is 9.33. The Morgan fingerprint density at radius 1 is 1.29 bits per heavy atom. The minimum atomic E-state index is -1.01. The van der Waals surface area contributed by atoms with Crippen molar-refractivity contribution in [2.45, 2.75) is 12.5 Å². The van der Waals surface area contributed by atoms with Crippen molar-refractivity contribution in [2.75, 3.05) is 0 Å². The Hall–Kier alpha value is -3.26. The van der Waals surface area contributed by atoms with Gasteiger partial charge in [-0.15, -0.1) is 0 Å². The van der Waals surface area contributed by atoms with Crippen LogP contribution in [0.1, 0.15) is 5.69 Å². The van der Waals surface area contributed by atoms with Crippen LogP contribution in [0, 0.1) is 0 Å². The van der Waals surface area contributed by atoms with Crippen molar-refractivity contribution in [3.05, 3.63) is 60.9 Å². The molecular formula is C16H18N4O4. The number of carboxylic acid groups (broad SMARTS) is 2. The van der Waals surface area contributed by atoms with Gasteiger partial charge in [0.1, 0.15) is 6.04 Å². The molecule has 24 heavy (non-hydrogen) atoms. The maximum Gasteiger partial charge on any atom is 0.320 e. The SMILES string of the molecule is NC(Cc1c[nH]cn1)C(=O)O.O=CO.c1ccc2cnccc2c1. The van der Waals surface area contributed by atoms with Crippen LogP contribution in [0.5, 0.6) is 0 Å². The smallest absolute Gasteiger partial charge is 0.320 e. The highest BCUT2D eigenvalue weighted by Crippen LogP contribution is 2.09. The first-order valence-corrected chi connectivity index (χ1v) is 6.91. The van der Waals surface area contributed by atoms with Gasteiger partial charge in [-0.3, -0.25) is 14.6 Å². The van der Waals surface area contributed by atoms with Crippen molar-refractivity contribution < 1.29 is 19.8 Å². The highest BCUT2D eigenvalue weighted by molar-refractivity contribution is 5.80. The summed E-state index contributed by atoms with van der Waals surface area (Å²) in [5.74, 6) is -1.01. The molecule has 8 nitrogen and oxygen atoms in total. The second kappa shape index (κ2) is 10.5. The lowest BCUT2D eigenvalue weighted by molar-refractivity contribution is -0.138. The van der Waals surface area contributed by atoms with Gasteiger partial charge in [0, 0.05) is 25.0 Å². The van der Waals surface area contributed by atoms with E-state index < -0.39 is 12.0 Å². The monoisotopic (exact) mass is 330 g/mol. The predicted molar refractivity (Wildman–Crippen MR) is 88.3 cm³/mol. The molecule has 1 aromatic carbocycles. The number of aliphatic carboxylic acids is 1. The van der Waals surface area contributed by atoms with Crippen LogP contribution in [0.15, 0.2) is 55.2 Å². The van der Waals surface area contributed by atoms with Crippen LogP contribution < -0.4 is 5.73 Å². The number of rotatable bonds is 3. The lowest BCUT2D eigenvalue weighted by atomic mass is 10.2. The third-order valence-electron chi connectivity index (χ3n) is 2.85. The van der Waals surface area contributed by atoms with Crippen molar-refractivity contribution in [1.29, 1.82) is 0 Å². The Bertz CT molecular complexity index is 681. The van der Waals surface area contributed by atoms with Gasteiger partial charge in [-0.2, -0.15) is 0 Å². The van der Waals surface area contributed by atoms with E-state index in [1.54, 1.807) is 6.20 Å². The second-order valence-corrected chi connectivity index (χ2v) is 4.54. The summed E-state index contributed by atoms with van der Waals surface area (Å²) in [6.45, 7) is -0.250. The highest BCUT2D eigenvalue weighted by Gasteiger charge is 2.12. The number of hydrogen-bond donors (Lipinski definition) is 4. The number of fused-ring (bicyclic) bond motifs is 1. The third-order valence-corrected chi connectivity index (χ3v) is 2.85. The van der Waals surface area contributed by atoms with E-state index in [0.717, 1.165) is 0 Å². The summed E-state index contributed by atoms with van der Waals surface area (Å²) in [6.07, 6.45) is 7.06. The quantitative estimate of drug-likeness (QED) is 0.530. The average Bonchev–Trinajstić information content (AvgIpc) is 3.09. The Balaban J connectivity index is 0.000000207. The van der Waals surface area contributed by atoms with Crippen molar-refractivity contribution in [3.8, 4) is 0 Å². The summed E-state index contributed by atoms with van der Waals surface area (Å²) in [5, 5.41) is 17.8. The lowest BCUT2D eigenvalue weighted by Crippen LogP contribution is -2.32. The van der Waals surface area contributed by atoms with Gasteiger partial charge in [-0.1, -0.05) is 24.3 Å². The first-order chi connectivity index (χ1) is 11.6. The van der Waals surface area contributed by atoms with Crippen LogP contribution in [-0.2, 0) is 16.0 Å². The predicted octanol–water partition coefficient (Wildman–Crippen LogP) is 1.30. The number of pyridine rings is 1. The highest BCUT2D eigenvalue weighted by atomic mass is 16.4. The molecule has 0 saturated heterocycles. The molecule has 0 aliphatic rings. The van der Waals surface area contributed by atoms with Crippen molar-refractivity contribution in [2.24, 2.45) is 5.73 Å². The van der Waals surface area contributed by atoms with Crippen LogP contribution in [0.4, 0.5) is 0 Å². The van der Waals surface area contributed by atoms with Crippen LogP contribution in [0.3, 0.4) is 0 Å². The number of H-pyrrole nitrogens is 1. The molecule has 5 N–H and O–H groups in total. The number of carboxylic acids is 1. The first-order valence-electron chi connectivity index (χ1n) is 6.91. The van der Waals surface area contributed by atoms with Crippen LogP contribution in [0.25, 0.3) is 10.8 Å². The molecule has 2 heterocycles. The molecule has 3 aromatic rings. The van der Waals surface area contributed by atoms with Crippen LogP contribution in [-0.4, -0.2) is 43.6 Å². The normalized spacial score (nSPS) is 10.5. The molecule has 0 spiro atoms. The van der Waals surface area contributed by atoms with E-state index in [-0.39, 0.29) is 12.9 Å². The molecule has 0 aliphatic carbocycles. The number of nitrogens with one attached hydrogen (secondary N) is 1. The molecule has 0 saturated carbocycles. The number of nitrogens with two attached hydrogens (primary N) is 1.